The number of quaternary nitrogens is 1. The van der Waals surface area contributed by atoms with Crippen LogP contribution < -0.4 is 16.6 Å². The number of halogens is 3. The fourth-order valence-electron chi connectivity index (χ4n) is 5.60. The van der Waals surface area contributed by atoms with E-state index in [-0.39, 0.29) is 92.1 Å². The lowest BCUT2D eigenvalue weighted by Gasteiger charge is -2.33. The molecule has 0 bridgehead atoms. The molecule has 5 N–H and O–H groups in total. The number of ketones is 1. The van der Waals surface area contributed by atoms with Gasteiger partial charge in [-0.25, -0.2) is 14.6 Å². The van der Waals surface area contributed by atoms with E-state index in [1.807, 2.05) is 0 Å². The highest BCUT2D eigenvalue weighted by Crippen LogP contribution is 2.18. The van der Waals surface area contributed by atoms with Crippen molar-refractivity contribution in [3.8, 4) is 0 Å². The van der Waals surface area contributed by atoms with Gasteiger partial charge in [0.2, 0.25) is 11.9 Å². The van der Waals surface area contributed by atoms with Gasteiger partial charge in [0.1, 0.15) is 12.2 Å². The summed E-state index contributed by atoms with van der Waals surface area (Å²) >= 11 is 0. The maximum atomic E-state index is 12.9. The third-order valence-electron chi connectivity index (χ3n) is 8.22. The smallest absolute Gasteiger partial charge is 0.481 e. The van der Waals surface area contributed by atoms with Crippen LogP contribution in [-0.4, -0.2) is 123 Å². The molecule has 0 aliphatic heterocycles. The predicted octanol–water partition coefficient (Wildman–Crippen LogP) is 1.54. The topological polar surface area (TPSA) is 230 Å². The van der Waals surface area contributed by atoms with E-state index in [2.05, 4.69) is 35.6 Å². The van der Waals surface area contributed by atoms with Crippen molar-refractivity contribution < 1.29 is 46.4 Å². The van der Waals surface area contributed by atoms with E-state index in [4.69, 9.17) is 15.2 Å². The molecule has 1 unspecified atom stereocenters. The quantitative estimate of drug-likeness (QED) is 0.0364. The second-order valence-corrected chi connectivity index (χ2v) is 13.4. The second-order valence-electron chi connectivity index (χ2n) is 13.4. The number of benzene rings is 1. The number of H-pyrrole nitrogens is 1. The number of aryl methyl sites for hydroxylation is 2. The van der Waals surface area contributed by atoms with Gasteiger partial charge in [0.05, 0.1) is 77.5 Å². The van der Waals surface area contributed by atoms with Crippen LogP contribution in [0.2, 0.25) is 0 Å². The standard InChI is InChI=1S/C33H44BF3N10O7/c1-47(2,21-34(35,36)37)20-26-19-46(45-44-26)12-14-54-16-15-53-13-11-39-28(49)10-8-24(32(51)52)17-27(48)23-6-3-22(4-7-23)5-9-25-18-40-30-29(41-25)31(50)43-33(38)42-30/h3-4,6-7,18-19,24H,5,8-17,20-21H2,1-2H3,(H,39,49)(H,51,52)(H3,38,40,42,43,50). The maximum absolute atomic E-state index is 12.9. The molecule has 292 valence electrons. The van der Waals surface area contributed by atoms with Gasteiger partial charge in [0, 0.05) is 24.9 Å². The van der Waals surface area contributed by atoms with Gasteiger partial charge < -0.3 is 43.1 Å². The highest BCUT2D eigenvalue weighted by molar-refractivity contribution is 6.58. The number of Topliss-reactive ketones (excluding diaryl/α,β-unsaturated/α-hetero) is 1. The van der Waals surface area contributed by atoms with Gasteiger partial charge >= 0.3 is 12.9 Å². The largest absolute Gasteiger partial charge is 0.531 e. The van der Waals surface area contributed by atoms with Crippen LogP contribution in [0.15, 0.2) is 41.5 Å². The molecule has 0 spiro atoms. The van der Waals surface area contributed by atoms with Crippen LogP contribution >= 0.6 is 0 Å². The van der Waals surface area contributed by atoms with E-state index in [0.29, 0.717) is 36.3 Å². The van der Waals surface area contributed by atoms with Crippen molar-refractivity contribution in [3.05, 3.63) is 69.5 Å². The molecule has 4 rings (SSSR count). The summed E-state index contributed by atoms with van der Waals surface area (Å²) in [6.07, 6.45) is 2.86. The van der Waals surface area contributed by atoms with E-state index in [9.17, 15) is 37.2 Å². The Morgan fingerprint density at radius 1 is 1.04 bits per heavy atom. The summed E-state index contributed by atoms with van der Waals surface area (Å²) in [4.78, 5) is 63.9. The SMILES string of the molecule is C[N+](C)(Cc1cn(CCOCCOCCNC(=O)CCC(CC(=O)c2ccc(CCc3cnc4nc(N)[nH]c(=O)c4n3)cc2)C(=O)O)nn1)C[B-](F)(F)F. The normalized spacial score (nSPS) is 12.5. The monoisotopic (exact) mass is 760 g/mol. The summed E-state index contributed by atoms with van der Waals surface area (Å²) in [7, 11) is 2.98. The van der Waals surface area contributed by atoms with Crippen molar-refractivity contribution in [2.75, 3.05) is 59.2 Å². The number of aromatic amines is 1. The van der Waals surface area contributed by atoms with Crippen molar-refractivity contribution in [2.24, 2.45) is 5.92 Å². The number of ether oxygens (including phenoxy) is 2. The van der Waals surface area contributed by atoms with Crippen LogP contribution in [0.3, 0.4) is 0 Å². The number of nitrogens with two attached hydrogens (primary N) is 1. The summed E-state index contributed by atoms with van der Waals surface area (Å²) in [5.41, 5.74) is 7.58. The van der Waals surface area contributed by atoms with Gasteiger partial charge in [-0.2, -0.15) is 4.98 Å². The number of hydrogen-bond acceptors (Lipinski definition) is 12. The van der Waals surface area contributed by atoms with Crippen LogP contribution in [0.5, 0.6) is 0 Å². The number of carbonyl (C=O) groups excluding carboxylic acids is 2. The van der Waals surface area contributed by atoms with Gasteiger partial charge in [-0.05, 0) is 24.8 Å². The molecule has 1 amide bonds. The van der Waals surface area contributed by atoms with Gasteiger partial charge in [-0.3, -0.25) is 24.2 Å². The number of carbonyl (C=O) groups is 3. The van der Waals surface area contributed by atoms with Crippen LogP contribution in [0.4, 0.5) is 18.9 Å². The van der Waals surface area contributed by atoms with Crippen molar-refractivity contribution in [2.45, 2.75) is 45.2 Å². The van der Waals surface area contributed by atoms with Gasteiger partial charge in [0.25, 0.3) is 5.56 Å². The number of carboxylic acid groups (broad SMARTS) is 1. The zero-order valence-electron chi connectivity index (χ0n) is 30.0. The molecular formula is C33H44BF3N10O7. The Morgan fingerprint density at radius 3 is 2.46 bits per heavy atom. The summed E-state index contributed by atoms with van der Waals surface area (Å²) in [5, 5.41) is 20.2. The van der Waals surface area contributed by atoms with Gasteiger partial charge in [-0.1, -0.05) is 29.5 Å². The Morgan fingerprint density at radius 2 is 1.76 bits per heavy atom. The number of nitrogens with zero attached hydrogens (tertiary/aromatic N) is 7. The molecule has 0 radical (unpaired) electrons. The molecule has 3 heterocycles. The molecule has 0 saturated carbocycles. The molecule has 1 atom stereocenters. The van der Waals surface area contributed by atoms with Crippen molar-refractivity contribution in [3.63, 3.8) is 0 Å². The van der Waals surface area contributed by atoms with Gasteiger partial charge in [0.15, 0.2) is 16.9 Å². The molecule has 21 heteroatoms. The van der Waals surface area contributed by atoms with E-state index in [0.717, 1.165) is 5.56 Å². The highest BCUT2D eigenvalue weighted by Gasteiger charge is 2.34. The second kappa shape index (κ2) is 19.2. The number of anilines is 1. The zero-order chi connectivity index (χ0) is 39.3. The Balaban J connectivity index is 1.07. The number of nitrogens with one attached hydrogen (secondary N) is 2. The summed E-state index contributed by atoms with van der Waals surface area (Å²) < 4.78 is 50.6. The summed E-state index contributed by atoms with van der Waals surface area (Å²) in [6, 6.07) is 6.78. The number of carboxylic acids is 1. The van der Waals surface area contributed by atoms with Crippen molar-refractivity contribution in [1.29, 1.82) is 0 Å². The molecule has 54 heavy (non-hydrogen) atoms. The van der Waals surface area contributed by atoms with Crippen LogP contribution in [0.1, 0.15) is 46.6 Å². The number of rotatable bonds is 23. The predicted molar refractivity (Wildman–Crippen MR) is 190 cm³/mol. The lowest BCUT2D eigenvalue weighted by molar-refractivity contribution is -0.895. The minimum absolute atomic E-state index is 0.0180. The Bertz CT molecular complexity index is 1940. The number of aliphatic carboxylic acids is 1. The summed E-state index contributed by atoms with van der Waals surface area (Å²) in [5.74, 6) is -2.98. The van der Waals surface area contributed by atoms with E-state index in [1.165, 1.54) is 25.0 Å². The van der Waals surface area contributed by atoms with Crippen molar-refractivity contribution >= 4 is 41.7 Å². The van der Waals surface area contributed by atoms with Crippen LogP contribution in [0.25, 0.3) is 11.2 Å². The number of amides is 1. The molecular weight excluding hydrogens is 716 g/mol. The first kappa shape index (κ1) is 41.5. The number of fused-ring (bicyclic) bond motifs is 1. The van der Waals surface area contributed by atoms with E-state index >= 15 is 0 Å². The third kappa shape index (κ3) is 13.9. The van der Waals surface area contributed by atoms with E-state index in [1.54, 1.807) is 30.5 Å². The lowest BCUT2D eigenvalue weighted by Crippen LogP contribution is -2.48. The molecule has 0 fully saturated rings. The Kier molecular flexibility index (Phi) is 14.7. The van der Waals surface area contributed by atoms with Gasteiger partial charge in [-0.15, -0.1) is 5.10 Å². The minimum Gasteiger partial charge on any atom is -0.481 e. The lowest BCUT2D eigenvalue weighted by atomic mass is 9.90. The zero-order valence-corrected chi connectivity index (χ0v) is 30.0. The average Bonchev–Trinajstić information content (AvgIpc) is 3.53. The number of nitrogen functional groups attached to an aromatic ring is 1. The van der Waals surface area contributed by atoms with Crippen molar-refractivity contribution in [1.82, 2.24) is 40.2 Å². The summed E-state index contributed by atoms with van der Waals surface area (Å²) in [6.45, 7) is -3.26. The number of aromatic nitrogens is 7. The molecule has 0 aliphatic rings. The first-order chi connectivity index (χ1) is 25.6. The average molecular weight is 761 g/mol. The fraction of sp³-hybridized carbons (Fsp3) is 0.485. The number of hydrogen-bond donors (Lipinski definition) is 4. The molecule has 3 aromatic heterocycles. The maximum Gasteiger partial charge on any atom is 0.531 e. The highest BCUT2D eigenvalue weighted by atomic mass is 19.4. The third-order valence-corrected chi connectivity index (χ3v) is 8.22. The molecule has 4 aromatic rings. The Labute approximate surface area is 308 Å². The first-order valence-corrected chi connectivity index (χ1v) is 17.3. The first-order valence-electron chi connectivity index (χ1n) is 17.3. The fourth-order valence-corrected chi connectivity index (χ4v) is 5.60. The molecule has 0 aliphatic carbocycles. The van der Waals surface area contributed by atoms with E-state index < -0.39 is 30.9 Å². The molecule has 17 nitrogen and oxygen atoms in total. The minimum atomic E-state index is -4.92. The van der Waals surface area contributed by atoms with Crippen LogP contribution in [-0.2, 0) is 45.0 Å². The molecule has 1 aromatic carbocycles. The van der Waals surface area contributed by atoms with Crippen LogP contribution in [0, 0.1) is 5.92 Å². The molecule has 0 saturated heterocycles. The Hall–Kier alpha value is -5.28.